The van der Waals surface area contributed by atoms with Crippen LogP contribution in [0.1, 0.15) is 0 Å². The van der Waals surface area contributed by atoms with Crippen molar-refractivity contribution in [3.63, 3.8) is 0 Å². The molecule has 0 radical (unpaired) electrons. The van der Waals surface area contributed by atoms with Crippen molar-refractivity contribution >= 4 is 17.5 Å². The van der Waals surface area contributed by atoms with Crippen LogP contribution in [0.2, 0.25) is 0 Å². The SMILES string of the molecule is O=C(Nc1cc(O)c(O)c(O)c1)Nc1ccccn1. The number of aromatic hydroxyl groups is 3. The smallest absolute Gasteiger partial charge is 0.324 e. The highest BCUT2D eigenvalue weighted by molar-refractivity contribution is 5.99. The van der Waals surface area contributed by atoms with Crippen molar-refractivity contribution in [2.75, 3.05) is 10.6 Å². The Morgan fingerprint density at radius 2 is 1.74 bits per heavy atom. The van der Waals surface area contributed by atoms with Gasteiger partial charge in [-0.2, -0.15) is 0 Å². The molecule has 0 aliphatic carbocycles. The van der Waals surface area contributed by atoms with Crippen molar-refractivity contribution in [2.45, 2.75) is 0 Å². The average Bonchev–Trinajstić information content (AvgIpc) is 2.37. The Hall–Kier alpha value is -2.96. The lowest BCUT2D eigenvalue weighted by Crippen LogP contribution is -2.19. The van der Waals surface area contributed by atoms with Gasteiger partial charge >= 0.3 is 6.03 Å². The van der Waals surface area contributed by atoms with Gasteiger partial charge in [0.25, 0.3) is 0 Å². The molecule has 2 aromatic rings. The highest BCUT2D eigenvalue weighted by Gasteiger charge is 2.10. The number of anilines is 2. The van der Waals surface area contributed by atoms with Crippen molar-refractivity contribution in [1.29, 1.82) is 0 Å². The summed E-state index contributed by atoms with van der Waals surface area (Å²) in [5.74, 6) is -1.36. The Balaban J connectivity index is 2.07. The number of urea groups is 1. The van der Waals surface area contributed by atoms with Gasteiger partial charge in [0, 0.05) is 18.3 Å². The van der Waals surface area contributed by atoms with Gasteiger partial charge in [-0.25, -0.2) is 9.78 Å². The second-order valence-electron chi connectivity index (χ2n) is 3.66. The van der Waals surface area contributed by atoms with Crippen LogP contribution in [0.4, 0.5) is 16.3 Å². The first-order valence-electron chi connectivity index (χ1n) is 5.30. The molecule has 2 rings (SSSR count). The third-order valence-electron chi connectivity index (χ3n) is 2.23. The van der Waals surface area contributed by atoms with Gasteiger partial charge in [0.1, 0.15) is 5.82 Å². The number of carbonyl (C=O) groups is 1. The topological polar surface area (TPSA) is 115 Å². The van der Waals surface area contributed by atoms with E-state index in [2.05, 4.69) is 15.6 Å². The molecule has 7 nitrogen and oxygen atoms in total. The summed E-state index contributed by atoms with van der Waals surface area (Å²) in [4.78, 5) is 15.5. The van der Waals surface area contributed by atoms with E-state index < -0.39 is 23.3 Å². The molecule has 0 bridgehead atoms. The summed E-state index contributed by atoms with van der Waals surface area (Å²) in [6.45, 7) is 0. The fourth-order valence-corrected chi connectivity index (χ4v) is 1.39. The third-order valence-corrected chi connectivity index (χ3v) is 2.23. The number of phenolic OH excluding ortho intramolecular Hbond substituents is 3. The molecule has 0 aliphatic heterocycles. The van der Waals surface area contributed by atoms with Gasteiger partial charge in [-0.1, -0.05) is 6.07 Å². The highest BCUT2D eigenvalue weighted by Crippen LogP contribution is 2.37. The molecule has 98 valence electrons. The van der Waals surface area contributed by atoms with Crippen LogP contribution >= 0.6 is 0 Å². The van der Waals surface area contributed by atoms with Crippen molar-refractivity contribution < 1.29 is 20.1 Å². The number of phenols is 3. The number of nitrogens with one attached hydrogen (secondary N) is 2. The van der Waals surface area contributed by atoms with Crippen LogP contribution in [-0.4, -0.2) is 26.3 Å². The molecule has 2 amide bonds. The predicted octanol–water partition coefficient (Wildman–Crippen LogP) is 1.84. The molecule has 0 spiro atoms. The van der Waals surface area contributed by atoms with Crippen LogP contribution in [0, 0.1) is 0 Å². The minimum atomic E-state index is -0.643. The van der Waals surface area contributed by atoms with Crippen LogP contribution in [0.25, 0.3) is 0 Å². The first-order chi connectivity index (χ1) is 9.06. The number of hydrogen-bond donors (Lipinski definition) is 5. The van der Waals surface area contributed by atoms with Crippen molar-refractivity contribution in [3.8, 4) is 17.2 Å². The summed E-state index contributed by atoms with van der Waals surface area (Å²) in [5, 5.41) is 32.6. The normalized spacial score (nSPS) is 9.89. The summed E-state index contributed by atoms with van der Waals surface area (Å²) in [6.07, 6.45) is 1.52. The van der Waals surface area contributed by atoms with Crippen LogP contribution in [0.5, 0.6) is 17.2 Å². The number of hydrogen-bond acceptors (Lipinski definition) is 5. The van der Waals surface area contributed by atoms with E-state index in [-0.39, 0.29) is 5.69 Å². The summed E-state index contributed by atoms with van der Waals surface area (Å²) in [6, 6.07) is 6.63. The Morgan fingerprint density at radius 3 is 2.32 bits per heavy atom. The van der Waals surface area contributed by atoms with E-state index in [1.165, 1.54) is 6.20 Å². The van der Waals surface area contributed by atoms with Gasteiger partial charge < -0.3 is 20.6 Å². The molecule has 19 heavy (non-hydrogen) atoms. The molecule has 0 saturated carbocycles. The molecule has 0 fully saturated rings. The van der Waals surface area contributed by atoms with Crippen LogP contribution in [-0.2, 0) is 0 Å². The quantitative estimate of drug-likeness (QED) is 0.418. The number of carbonyl (C=O) groups excluding carboxylic acids is 1. The zero-order valence-electron chi connectivity index (χ0n) is 9.66. The minimum Gasteiger partial charge on any atom is -0.504 e. The molecule has 0 saturated heterocycles. The van der Waals surface area contributed by atoms with E-state index in [0.717, 1.165) is 12.1 Å². The molecule has 7 heteroatoms. The van der Waals surface area contributed by atoms with Crippen LogP contribution < -0.4 is 10.6 Å². The first kappa shape index (κ1) is 12.5. The minimum absolute atomic E-state index is 0.126. The van der Waals surface area contributed by atoms with Gasteiger partial charge in [-0.15, -0.1) is 0 Å². The number of benzene rings is 1. The largest absolute Gasteiger partial charge is 0.504 e. The van der Waals surface area contributed by atoms with Crippen molar-refractivity contribution in [1.82, 2.24) is 4.98 Å². The fraction of sp³-hybridized carbons (Fsp3) is 0. The summed E-state index contributed by atoms with van der Waals surface area (Å²) >= 11 is 0. The molecule has 5 N–H and O–H groups in total. The lowest BCUT2D eigenvalue weighted by molar-refractivity contribution is 0.262. The first-order valence-corrected chi connectivity index (χ1v) is 5.30. The van der Waals surface area contributed by atoms with E-state index in [1.807, 2.05) is 0 Å². The molecular weight excluding hydrogens is 250 g/mol. The molecule has 1 heterocycles. The monoisotopic (exact) mass is 261 g/mol. The number of aromatic nitrogens is 1. The Morgan fingerprint density at radius 1 is 1.05 bits per heavy atom. The van der Waals surface area contributed by atoms with Crippen molar-refractivity contribution in [2.24, 2.45) is 0 Å². The highest BCUT2D eigenvalue weighted by atomic mass is 16.3. The number of nitrogens with zero attached hydrogens (tertiary/aromatic N) is 1. The predicted molar refractivity (Wildman–Crippen MR) is 68.3 cm³/mol. The Bertz CT molecular complexity index is 578. The standard InChI is InChI=1S/C12H11N3O4/c16-8-5-7(6-9(17)11(8)18)14-12(19)15-10-3-1-2-4-13-10/h1-6,16-18H,(H2,13,14,15,19). The van der Waals surface area contributed by atoms with E-state index in [1.54, 1.807) is 18.2 Å². The lowest BCUT2D eigenvalue weighted by atomic mass is 10.2. The fourth-order valence-electron chi connectivity index (χ4n) is 1.39. The zero-order chi connectivity index (χ0) is 13.8. The zero-order valence-corrected chi connectivity index (χ0v) is 9.66. The maximum atomic E-state index is 11.6. The molecular formula is C12H11N3O4. The van der Waals surface area contributed by atoms with Crippen LogP contribution in [0.3, 0.4) is 0 Å². The van der Waals surface area contributed by atoms with E-state index in [4.69, 9.17) is 5.11 Å². The third kappa shape index (κ3) is 3.03. The summed E-state index contributed by atoms with van der Waals surface area (Å²) in [5.41, 5.74) is 0.126. The second-order valence-corrected chi connectivity index (χ2v) is 3.66. The second kappa shape index (κ2) is 5.13. The van der Waals surface area contributed by atoms with Crippen LogP contribution in [0.15, 0.2) is 36.5 Å². The van der Waals surface area contributed by atoms with Gasteiger partial charge in [-0.3, -0.25) is 5.32 Å². The van der Waals surface area contributed by atoms with E-state index in [0.29, 0.717) is 5.82 Å². The van der Waals surface area contributed by atoms with Gasteiger partial charge in [-0.05, 0) is 12.1 Å². The Labute approximate surface area is 108 Å². The molecule has 0 unspecified atom stereocenters. The van der Waals surface area contributed by atoms with Crippen molar-refractivity contribution in [3.05, 3.63) is 36.5 Å². The van der Waals surface area contributed by atoms with E-state index >= 15 is 0 Å². The number of pyridine rings is 1. The Kier molecular flexibility index (Phi) is 3.37. The van der Waals surface area contributed by atoms with E-state index in [9.17, 15) is 15.0 Å². The van der Waals surface area contributed by atoms with Gasteiger partial charge in [0.2, 0.25) is 0 Å². The molecule has 0 aliphatic rings. The maximum Gasteiger partial charge on any atom is 0.324 e. The summed E-state index contributed by atoms with van der Waals surface area (Å²) in [7, 11) is 0. The number of rotatable bonds is 2. The average molecular weight is 261 g/mol. The number of amides is 2. The maximum absolute atomic E-state index is 11.6. The molecule has 1 aromatic carbocycles. The van der Waals surface area contributed by atoms with Gasteiger partial charge in [0.15, 0.2) is 17.2 Å². The summed E-state index contributed by atoms with van der Waals surface area (Å²) < 4.78 is 0. The molecule has 1 aromatic heterocycles. The lowest BCUT2D eigenvalue weighted by Gasteiger charge is -2.08. The van der Waals surface area contributed by atoms with Gasteiger partial charge in [0.05, 0.1) is 5.69 Å². The molecule has 0 atom stereocenters.